The van der Waals surface area contributed by atoms with Crippen LogP contribution in [-0.2, 0) is 6.42 Å². The molecule has 0 bridgehead atoms. The fourth-order valence-electron chi connectivity index (χ4n) is 3.60. The first-order valence-electron chi connectivity index (χ1n) is 7.72. The molecular weight excluding hydrogens is 254 g/mol. The third-order valence-electron chi connectivity index (χ3n) is 4.61. The maximum absolute atomic E-state index is 4.40. The summed E-state index contributed by atoms with van der Waals surface area (Å²) in [4.78, 5) is 7.08. The first kappa shape index (κ1) is 13.5. The highest BCUT2D eigenvalue weighted by atomic mass is 32.1. The van der Waals surface area contributed by atoms with Gasteiger partial charge >= 0.3 is 0 Å². The van der Waals surface area contributed by atoms with Crippen molar-refractivity contribution in [2.75, 3.05) is 26.2 Å². The third kappa shape index (κ3) is 3.56. The van der Waals surface area contributed by atoms with Gasteiger partial charge in [0.1, 0.15) is 0 Å². The molecule has 1 aromatic heterocycles. The van der Waals surface area contributed by atoms with E-state index in [0.29, 0.717) is 5.54 Å². The normalized spacial score (nSPS) is 24.4. The van der Waals surface area contributed by atoms with E-state index in [-0.39, 0.29) is 0 Å². The quantitative estimate of drug-likeness (QED) is 0.922. The van der Waals surface area contributed by atoms with Crippen LogP contribution in [0.3, 0.4) is 0 Å². The Kier molecular flexibility index (Phi) is 4.51. The summed E-state index contributed by atoms with van der Waals surface area (Å²) in [6, 6.07) is 0. The van der Waals surface area contributed by atoms with E-state index in [4.69, 9.17) is 0 Å². The largest absolute Gasteiger partial charge is 0.310 e. The lowest BCUT2D eigenvalue weighted by Gasteiger charge is -2.40. The Morgan fingerprint density at radius 3 is 2.95 bits per heavy atom. The summed E-state index contributed by atoms with van der Waals surface area (Å²) in [5.41, 5.74) is 0.428. The summed E-state index contributed by atoms with van der Waals surface area (Å²) in [5, 5.41) is 7.24. The Bertz CT molecular complexity index is 371. The Morgan fingerprint density at radius 2 is 2.16 bits per heavy atom. The van der Waals surface area contributed by atoms with Crippen LogP contribution in [0.4, 0.5) is 0 Å². The third-order valence-corrected chi connectivity index (χ3v) is 5.45. The molecule has 3 nitrogen and oxygen atoms in total. The van der Waals surface area contributed by atoms with Crippen LogP contribution in [0.5, 0.6) is 0 Å². The Balaban J connectivity index is 1.57. The number of aromatic nitrogens is 1. The zero-order valence-corrected chi connectivity index (χ0v) is 12.6. The average molecular weight is 279 g/mol. The molecule has 1 aliphatic heterocycles. The van der Waals surface area contributed by atoms with Crippen molar-refractivity contribution in [3.63, 3.8) is 0 Å². The van der Waals surface area contributed by atoms with Crippen LogP contribution in [0.15, 0.2) is 11.6 Å². The van der Waals surface area contributed by atoms with Crippen LogP contribution in [0.1, 0.15) is 43.5 Å². The molecule has 106 valence electrons. The Morgan fingerprint density at radius 1 is 1.26 bits per heavy atom. The zero-order chi connectivity index (χ0) is 13.0. The van der Waals surface area contributed by atoms with Gasteiger partial charge in [-0.3, -0.25) is 0 Å². The predicted octanol–water partition coefficient (Wildman–Crippen LogP) is 2.68. The monoisotopic (exact) mass is 279 g/mol. The van der Waals surface area contributed by atoms with Crippen molar-refractivity contribution < 1.29 is 0 Å². The van der Waals surface area contributed by atoms with Gasteiger partial charge in [0, 0.05) is 36.6 Å². The molecule has 0 atom stereocenters. The lowest BCUT2D eigenvalue weighted by atomic mass is 9.81. The summed E-state index contributed by atoms with van der Waals surface area (Å²) in [7, 11) is 0. The van der Waals surface area contributed by atoms with Crippen molar-refractivity contribution in [2.45, 2.75) is 50.5 Å². The van der Waals surface area contributed by atoms with Crippen LogP contribution in [-0.4, -0.2) is 41.6 Å². The topological polar surface area (TPSA) is 28.2 Å². The van der Waals surface area contributed by atoms with Gasteiger partial charge in [-0.05, 0) is 32.4 Å². The minimum atomic E-state index is 0.428. The summed E-state index contributed by atoms with van der Waals surface area (Å²) >= 11 is 1.79. The van der Waals surface area contributed by atoms with Crippen molar-refractivity contribution in [2.24, 2.45) is 0 Å². The van der Waals surface area contributed by atoms with Gasteiger partial charge in [-0.25, -0.2) is 4.98 Å². The zero-order valence-electron chi connectivity index (χ0n) is 11.7. The highest BCUT2D eigenvalue weighted by Crippen LogP contribution is 2.30. The van der Waals surface area contributed by atoms with E-state index in [9.17, 15) is 0 Å². The van der Waals surface area contributed by atoms with E-state index >= 15 is 0 Å². The van der Waals surface area contributed by atoms with Crippen LogP contribution in [0.25, 0.3) is 0 Å². The van der Waals surface area contributed by atoms with Gasteiger partial charge in [0.25, 0.3) is 0 Å². The molecule has 1 saturated heterocycles. The summed E-state index contributed by atoms with van der Waals surface area (Å²) in [5.74, 6) is 0. The van der Waals surface area contributed by atoms with Crippen molar-refractivity contribution >= 4 is 11.3 Å². The molecule has 0 unspecified atom stereocenters. The first-order chi connectivity index (χ1) is 9.36. The predicted molar refractivity (Wildman–Crippen MR) is 80.7 cm³/mol. The average Bonchev–Trinajstić information content (AvgIpc) is 2.88. The van der Waals surface area contributed by atoms with Crippen molar-refractivity contribution in [3.8, 4) is 0 Å². The van der Waals surface area contributed by atoms with Gasteiger partial charge in [0.15, 0.2) is 0 Å². The molecule has 0 radical (unpaired) electrons. The molecule has 0 amide bonds. The summed E-state index contributed by atoms with van der Waals surface area (Å²) in [6.07, 6.45) is 11.3. The molecule has 1 N–H and O–H groups in total. The smallest absolute Gasteiger partial charge is 0.0937 e. The lowest BCUT2D eigenvalue weighted by Crippen LogP contribution is -2.52. The van der Waals surface area contributed by atoms with Gasteiger partial charge < -0.3 is 10.2 Å². The van der Waals surface area contributed by atoms with E-state index in [0.717, 1.165) is 6.42 Å². The molecular formula is C15H25N3S. The molecule has 2 aliphatic rings. The van der Waals surface area contributed by atoms with Gasteiger partial charge in [-0.2, -0.15) is 0 Å². The number of hydrogen-bond donors (Lipinski definition) is 1. The molecule has 2 fully saturated rings. The molecule has 2 heterocycles. The highest BCUT2D eigenvalue weighted by molar-refractivity contribution is 7.09. The molecule has 4 heteroatoms. The van der Waals surface area contributed by atoms with E-state index in [2.05, 4.69) is 20.6 Å². The number of hydrogen-bond acceptors (Lipinski definition) is 4. The second-order valence-electron chi connectivity index (χ2n) is 6.07. The molecule has 1 saturated carbocycles. The van der Waals surface area contributed by atoms with Crippen molar-refractivity contribution in [3.05, 3.63) is 16.6 Å². The Hall–Kier alpha value is -0.450. The van der Waals surface area contributed by atoms with Crippen molar-refractivity contribution in [1.82, 2.24) is 15.2 Å². The second kappa shape index (κ2) is 6.33. The van der Waals surface area contributed by atoms with E-state index in [1.54, 1.807) is 11.3 Å². The number of nitrogens with one attached hydrogen (secondary N) is 1. The SMILES string of the molecule is c1csc(CCN2CCCNC3(CCCCC3)C2)n1. The fourth-order valence-corrected chi connectivity index (χ4v) is 4.21. The highest BCUT2D eigenvalue weighted by Gasteiger charge is 2.34. The van der Waals surface area contributed by atoms with Crippen LogP contribution < -0.4 is 5.32 Å². The van der Waals surface area contributed by atoms with E-state index in [1.165, 1.54) is 69.7 Å². The number of rotatable bonds is 3. The molecule has 0 aromatic carbocycles. The minimum absolute atomic E-state index is 0.428. The minimum Gasteiger partial charge on any atom is -0.310 e. The van der Waals surface area contributed by atoms with Crippen LogP contribution in [0, 0.1) is 0 Å². The molecule has 1 aromatic rings. The molecule has 1 aliphatic carbocycles. The molecule has 3 rings (SSSR count). The Labute approximate surface area is 120 Å². The second-order valence-corrected chi connectivity index (χ2v) is 7.05. The lowest BCUT2D eigenvalue weighted by molar-refractivity contribution is 0.165. The van der Waals surface area contributed by atoms with Gasteiger partial charge in [-0.15, -0.1) is 11.3 Å². The van der Waals surface area contributed by atoms with Gasteiger partial charge in [-0.1, -0.05) is 19.3 Å². The van der Waals surface area contributed by atoms with Gasteiger partial charge in [0.2, 0.25) is 0 Å². The van der Waals surface area contributed by atoms with Crippen molar-refractivity contribution in [1.29, 1.82) is 0 Å². The van der Waals surface area contributed by atoms with E-state index < -0.39 is 0 Å². The van der Waals surface area contributed by atoms with E-state index in [1.807, 2.05) is 6.20 Å². The maximum Gasteiger partial charge on any atom is 0.0937 e. The first-order valence-corrected chi connectivity index (χ1v) is 8.60. The molecule has 1 spiro atoms. The number of nitrogens with zero attached hydrogens (tertiary/aromatic N) is 2. The number of thiazole rings is 1. The molecule has 19 heavy (non-hydrogen) atoms. The maximum atomic E-state index is 4.40. The van der Waals surface area contributed by atoms with Gasteiger partial charge in [0.05, 0.1) is 5.01 Å². The van der Waals surface area contributed by atoms with Crippen LogP contribution in [0.2, 0.25) is 0 Å². The summed E-state index contributed by atoms with van der Waals surface area (Å²) in [6.45, 7) is 4.88. The fraction of sp³-hybridized carbons (Fsp3) is 0.800. The standard InChI is InChI=1S/C15H25N3S/c1-2-6-15(7-3-1)13-18(10-4-8-17-15)11-5-14-16-9-12-19-14/h9,12,17H,1-8,10-11,13H2. The summed E-state index contributed by atoms with van der Waals surface area (Å²) < 4.78 is 0. The van der Waals surface area contributed by atoms with Crippen LogP contribution >= 0.6 is 11.3 Å².